The van der Waals surface area contributed by atoms with Crippen LogP contribution in [0.1, 0.15) is 27.5 Å². The normalized spacial score (nSPS) is 12.3. The number of ether oxygens (including phenoxy) is 1. The van der Waals surface area contributed by atoms with Crippen LogP contribution in [0.15, 0.2) is 61.1 Å². The van der Waals surface area contributed by atoms with E-state index in [0.29, 0.717) is 6.54 Å². The number of aromatic nitrogens is 2. The summed E-state index contributed by atoms with van der Waals surface area (Å²) in [7, 11) is 0. The predicted molar refractivity (Wildman–Crippen MR) is 102 cm³/mol. The van der Waals surface area contributed by atoms with Crippen molar-refractivity contribution < 1.29 is 19.4 Å². The lowest BCUT2D eigenvalue weighted by Gasteiger charge is -2.14. The number of amides is 1. The Labute approximate surface area is 161 Å². The number of hydrogen-bond acceptors (Lipinski definition) is 4. The summed E-state index contributed by atoms with van der Waals surface area (Å²) in [6.45, 7) is 0.782. The van der Waals surface area contributed by atoms with Crippen LogP contribution in [0, 0.1) is 0 Å². The summed E-state index contributed by atoms with van der Waals surface area (Å²) in [5.41, 5.74) is 4.73. The van der Waals surface area contributed by atoms with Crippen molar-refractivity contribution in [1.82, 2.24) is 14.9 Å². The molecule has 1 amide bonds. The van der Waals surface area contributed by atoms with E-state index >= 15 is 0 Å². The molecule has 0 radical (unpaired) electrons. The molecule has 2 aromatic carbocycles. The first-order chi connectivity index (χ1) is 13.6. The fourth-order valence-electron chi connectivity index (χ4n) is 3.60. The Morgan fingerprint density at radius 1 is 1.07 bits per heavy atom. The van der Waals surface area contributed by atoms with Crippen molar-refractivity contribution in [3.8, 4) is 11.1 Å². The van der Waals surface area contributed by atoms with Crippen LogP contribution < -0.4 is 5.32 Å². The number of aromatic carboxylic acids is 1. The zero-order valence-corrected chi connectivity index (χ0v) is 15.0. The first kappa shape index (κ1) is 17.8. The van der Waals surface area contributed by atoms with Crippen LogP contribution in [0.2, 0.25) is 0 Å². The summed E-state index contributed by atoms with van der Waals surface area (Å²) in [6.07, 6.45) is 2.16. The lowest BCUT2D eigenvalue weighted by molar-refractivity contribution is 0.0685. The number of hydrogen-bond donors (Lipinski definition) is 2. The van der Waals surface area contributed by atoms with Crippen molar-refractivity contribution in [2.75, 3.05) is 13.2 Å². The molecule has 3 aromatic rings. The van der Waals surface area contributed by atoms with Crippen LogP contribution in [0.4, 0.5) is 4.79 Å². The van der Waals surface area contributed by atoms with Crippen LogP contribution in [0.3, 0.4) is 0 Å². The fraction of sp³-hybridized carbons (Fsp3) is 0.190. The molecule has 1 aliphatic rings. The minimum absolute atomic E-state index is 0.00501. The van der Waals surface area contributed by atoms with Crippen LogP contribution >= 0.6 is 0 Å². The number of alkyl carbamates (subject to hydrolysis) is 1. The number of rotatable bonds is 6. The number of carbonyl (C=O) groups excluding carboxylic acids is 1. The van der Waals surface area contributed by atoms with Crippen molar-refractivity contribution in [3.05, 3.63) is 77.9 Å². The molecule has 0 fully saturated rings. The van der Waals surface area contributed by atoms with E-state index in [1.54, 1.807) is 0 Å². The van der Waals surface area contributed by atoms with E-state index in [1.165, 1.54) is 28.2 Å². The Morgan fingerprint density at radius 3 is 2.36 bits per heavy atom. The molecule has 1 aliphatic carbocycles. The molecule has 4 rings (SSSR count). The van der Waals surface area contributed by atoms with E-state index in [4.69, 9.17) is 9.84 Å². The maximum absolute atomic E-state index is 12.1. The minimum Gasteiger partial charge on any atom is -0.477 e. The van der Waals surface area contributed by atoms with E-state index in [0.717, 1.165) is 11.1 Å². The van der Waals surface area contributed by atoms with E-state index < -0.39 is 12.1 Å². The molecule has 7 heteroatoms. The molecule has 0 saturated carbocycles. The van der Waals surface area contributed by atoms with Crippen LogP contribution in [-0.2, 0) is 11.3 Å². The largest absolute Gasteiger partial charge is 0.477 e. The van der Waals surface area contributed by atoms with Gasteiger partial charge in [0.25, 0.3) is 0 Å². The maximum Gasteiger partial charge on any atom is 0.407 e. The summed E-state index contributed by atoms with van der Waals surface area (Å²) >= 11 is 0. The topological polar surface area (TPSA) is 93.5 Å². The van der Waals surface area contributed by atoms with Crippen LogP contribution in [0.25, 0.3) is 11.1 Å². The van der Waals surface area contributed by atoms with Gasteiger partial charge in [-0.3, -0.25) is 0 Å². The van der Waals surface area contributed by atoms with E-state index in [1.807, 2.05) is 24.3 Å². The Hall–Kier alpha value is -3.61. The molecule has 0 aliphatic heterocycles. The van der Waals surface area contributed by atoms with Gasteiger partial charge in [0.05, 0.1) is 12.5 Å². The molecule has 0 bridgehead atoms. The van der Waals surface area contributed by atoms with Gasteiger partial charge in [0.1, 0.15) is 12.3 Å². The summed E-state index contributed by atoms with van der Waals surface area (Å²) in [5, 5.41) is 11.7. The van der Waals surface area contributed by atoms with Gasteiger partial charge in [-0.05, 0) is 22.3 Å². The van der Waals surface area contributed by atoms with Gasteiger partial charge in [-0.2, -0.15) is 0 Å². The maximum atomic E-state index is 12.1. The Morgan fingerprint density at radius 2 is 1.71 bits per heavy atom. The van der Waals surface area contributed by atoms with Gasteiger partial charge in [0.15, 0.2) is 0 Å². The lowest BCUT2D eigenvalue weighted by atomic mass is 9.98. The summed E-state index contributed by atoms with van der Waals surface area (Å²) < 4.78 is 6.91. The standard InChI is InChI=1S/C21H19N3O4/c25-20(26)19-11-22-13-24(19)10-9-23-21(27)28-12-18-16-7-3-1-5-14(16)15-6-2-4-8-17(15)18/h1-8,11,13,18H,9-10,12H2,(H,23,27)(H,25,26). The number of carboxylic acids is 1. The number of benzene rings is 2. The summed E-state index contributed by atoms with van der Waals surface area (Å²) in [6, 6.07) is 16.3. The number of carbonyl (C=O) groups is 2. The number of fused-ring (bicyclic) bond motifs is 3. The van der Waals surface area contributed by atoms with Gasteiger partial charge in [-0.1, -0.05) is 48.5 Å². The zero-order chi connectivity index (χ0) is 19.5. The van der Waals surface area contributed by atoms with Crippen molar-refractivity contribution in [1.29, 1.82) is 0 Å². The fourth-order valence-corrected chi connectivity index (χ4v) is 3.60. The van der Waals surface area contributed by atoms with Gasteiger partial charge in [0.2, 0.25) is 0 Å². The summed E-state index contributed by atoms with van der Waals surface area (Å²) in [5.74, 6) is -1.05. The van der Waals surface area contributed by atoms with Crippen molar-refractivity contribution >= 4 is 12.1 Å². The second kappa shape index (κ2) is 7.56. The van der Waals surface area contributed by atoms with Gasteiger partial charge in [-0.25, -0.2) is 14.6 Å². The van der Waals surface area contributed by atoms with E-state index in [2.05, 4.69) is 34.6 Å². The highest BCUT2D eigenvalue weighted by Crippen LogP contribution is 2.44. The zero-order valence-electron chi connectivity index (χ0n) is 15.0. The predicted octanol–water partition coefficient (Wildman–Crippen LogP) is 3.12. The van der Waals surface area contributed by atoms with E-state index in [-0.39, 0.29) is 24.8 Å². The highest BCUT2D eigenvalue weighted by Gasteiger charge is 2.28. The average molecular weight is 377 g/mol. The van der Waals surface area contributed by atoms with Gasteiger partial charge >= 0.3 is 12.1 Å². The molecule has 7 nitrogen and oxygen atoms in total. The molecule has 0 atom stereocenters. The number of nitrogens with one attached hydrogen (secondary N) is 1. The van der Waals surface area contributed by atoms with Crippen LogP contribution in [-0.4, -0.2) is 39.9 Å². The lowest BCUT2D eigenvalue weighted by Crippen LogP contribution is -2.29. The third kappa shape index (κ3) is 3.34. The van der Waals surface area contributed by atoms with Crippen molar-refractivity contribution in [2.45, 2.75) is 12.5 Å². The molecule has 1 aromatic heterocycles. The summed E-state index contributed by atoms with van der Waals surface area (Å²) in [4.78, 5) is 27.0. The number of carboxylic acid groups (broad SMARTS) is 1. The molecule has 28 heavy (non-hydrogen) atoms. The quantitative estimate of drug-likeness (QED) is 0.688. The first-order valence-corrected chi connectivity index (χ1v) is 8.97. The first-order valence-electron chi connectivity index (χ1n) is 8.97. The number of nitrogens with zero attached hydrogens (tertiary/aromatic N) is 2. The van der Waals surface area contributed by atoms with Gasteiger partial charge in [-0.15, -0.1) is 0 Å². The molecule has 0 unspecified atom stereocenters. The van der Waals surface area contributed by atoms with Crippen LogP contribution in [0.5, 0.6) is 0 Å². The molecule has 1 heterocycles. The number of imidazole rings is 1. The monoisotopic (exact) mass is 377 g/mol. The molecule has 2 N–H and O–H groups in total. The van der Waals surface area contributed by atoms with Gasteiger partial charge < -0.3 is 19.7 Å². The Balaban J connectivity index is 1.35. The van der Waals surface area contributed by atoms with Crippen molar-refractivity contribution in [3.63, 3.8) is 0 Å². The molecule has 142 valence electrons. The molecule has 0 saturated heterocycles. The second-order valence-electron chi connectivity index (χ2n) is 6.53. The second-order valence-corrected chi connectivity index (χ2v) is 6.53. The minimum atomic E-state index is -1.06. The average Bonchev–Trinajstić information content (AvgIpc) is 3.29. The Bertz CT molecular complexity index is 982. The van der Waals surface area contributed by atoms with E-state index in [9.17, 15) is 9.59 Å². The Kier molecular flexibility index (Phi) is 4.80. The SMILES string of the molecule is O=C(NCCn1cncc1C(=O)O)OCC1c2ccccc2-c2ccccc21. The molecular formula is C21H19N3O4. The molecule has 0 spiro atoms. The van der Waals surface area contributed by atoms with Gasteiger partial charge in [0, 0.05) is 19.0 Å². The molecular weight excluding hydrogens is 358 g/mol. The third-order valence-corrected chi connectivity index (χ3v) is 4.90. The third-order valence-electron chi connectivity index (χ3n) is 4.90. The van der Waals surface area contributed by atoms with Crippen molar-refractivity contribution in [2.24, 2.45) is 0 Å². The highest BCUT2D eigenvalue weighted by molar-refractivity contribution is 5.85. The smallest absolute Gasteiger partial charge is 0.407 e. The highest BCUT2D eigenvalue weighted by atomic mass is 16.5.